The molecule has 0 saturated heterocycles. The van der Waals surface area contributed by atoms with E-state index < -0.39 is 0 Å². The first-order valence-electron chi connectivity index (χ1n) is 8.66. The molecule has 0 amide bonds. The van der Waals surface area contributed by atoms with Gasteiger partial charge in [0.2, 0.25) is 0 Å². The Morgan fingerprint density at radius 2 is 1.38 bits per heavy atom. The minimum atomic E-state index is 0.488. The predicted octanol–water partition coefficient (Wildman–Crippen LogP) is 4.22. The zero-order chi connectivity index (χ0) is 16.4. The number of nitrogens with zero attached hydrogens (tertiary/aromatic N) is 1. The minimum Gasteiger partial charge on any atom is -0.359 e. The average molecular weight is 335 g/mol. The van der Waals surface area contributed by atoms with Gasteiger partial charge in [0.25, 0.3) is 0 Å². The summed E-state index contributed by atoms with van der Waals surface area (Å²) in [5.41, 5.74) is 8.82. The lowest BCUT2D eigenvalue weighted by atomic mass is 9.96. The summed E-state index contributed by atoms with van der Waals surface area (Å²) in [7, 11) is 0. The summed E-state index contributed by atoms with van der Waals surface area (Å²) >= 11 is 5.44. The van der Waals surface area contributed by atoms with Crippen LogP contribution in [0.1, 0.15) is 43.2 Å². The molecule has 122 valence electrons. The second-order valence-electron chi connectivity index (χ2n) is 6.47. The van der Waals surface area contributed by atoms with Crippen LogP contribution in [0.5, 0.6) is 0 Å². The molecule has 0 unspecified atom stereocenters. The van der Waals surface area contributed by atoms with Crippen LogP contribution in [0.3, 0.4) is 0 Å². The normalized spacial score (nSPS) is 16.2. The number of thiocarbonyl (C=S) groups is 1. The highest BCUT2D eigenvalue weighted by atomic mass is 32.1. The van der Waals surface area contributed by atoms with E-state index in [4.69, 9.17) is 12.2 Å². The molecule has 2 aromatic carbocycles. The molecular formula is C20H21N3S. The lowest BCUT2D eigenvalue weighted by molar-refractivity contribution is 0.412. The molecular weight excluding hydrogens is 314 g/mol. The Kier molecular flexibility index (Phi) is 4.30. The highest BCUT2D eigenvalue weighted by Gasteiger charge is 2.24. The number of rotatable bonds is 2. The topological polar surface area (TPSA) is 36.4 Å². The molecule has 4 rings (SSSR count). The molecule has 0 bridgehead atoms. The summed E-state index contributed by atoms with van der Waals surface area (Å²) in [4.78, 5) is 0. The van der Waals surface area contributed by atoms with E-state index in [-0.39, 0.29) is 0 Å². The third-order valence-corrected chi connectivity index (χ3v) is 5.07. The Morgan fingerprint density at radius 3 is 1.96 bits per heavy atom. The smallest absolute Gasteiger partial charge is 0.187 e. The van der Waals surface area contributed by atoms with E-state index in [1.165, 1.54) is 43.2 Å². The summed E-state index contributed by atoms with van der Waals surface area (Å²) in [6.07, 6.45) is 6.31. The molecule has 2 aromatic rings. The van der Waals surface area contributed by atoms with Crippen LogP contribution in [0.25, 0.3) is 11.1 Å². The van der Waals surface area contributed by atoms with E-state index in [2.05, 4.69) is 64.4 Å². The first-order chi connectivity index (χ1) is 11.8. The fourth-order valence-electron chi connectivity index (χ4n) is 3.69. The molecule has 2 aliphatic rings. The van der Waals surface area contributed by atoms with Gasteiger partial charge >= 0.3 is 0 Å². The second-order valence-corrected chi connectivity index (χ2v) is 6.88. The number of hydrazone groups is 1. The fourth-order valence-corrected chi connectivity index (χ4v) is 3.90. The Labute approximate surface area is 148 Å². The van der Waals surface area contributed by atoms with Crippen molar-refractivity contribution in [3.63, 3.8) is 0 Å². The quantitative estimate of drug-likeness (QED) is 0.544. The molecule has 1 fully saturated rings. The monoisotopic (exact) mass is 335 g/mol. The van der Waals surface area contributed by atoms with Crippen molar-refractivity contribution in [3.05, 3.63) is 59.7 Å². The van der Waals surface area contributed by atoms with E-state index >= 15 is 0 Å². The van der Waals surface area contributed by atoms with E-state index in [1.54, 1.807) is 0 Å². The maximum atomic E-state index is 5.44. The van der Waals surface area contributed by atoms with Crippen molar-refractivity contribution < 1.29 is 0 Å². The predicted molar refractivity (Wildman–Crippen MR) is 103 cm³/mol. The number of nitrogens with one attached hydrogen (secondary N) is 2. The first-order valence-corrected chi connectivity index (χ1v) is 9.07. The summed E-state index contributed by atoms with van der Waals surface area (Å²) in [6, 6.07) is 17.3. The summed E-state index contributed by atoms with van der Waals surface area (Å²) in [6.45, 7) is 0. The van der Waals surface area contributed by atoms with Crippen LogP contribution in [0.15, 0.2) is 53.6 Å². The molecule has 2 aliphatic carbocycles. The van der Waals surface area contributed by atoms with Crippen LogP contribution in [-0.4, -0.2) is 16.9 Å². The fraction of sp³-hybridized carbons (Fsp3) is 0.300. The van der Waals surface area contributed by atoms with Crippen molar-refractivity contribution in [3.8, 4) is 11.1 Å². The molecule has 0 spiro atoms. The molecule has 0 heterocycles. The van der Waals surface area contributed by atoms with E-state index in [9.17, 15) is 0 Å². The number of fused-ring (bicyclic) bond motifs is 3. The van der Waals surface area contributed by atoms with E-state index in [0.29, 0.717) is 11.2 Å². The molecule has 2 N–H and O–H groups in total. The first kappa shape index (κ1) is 15.3. The van der Waals surface area contributed by atoms with E-state index in [0.717, 1.165) is 16.8 Å². The standard InChI is InChI=1S/C20H21N3S/c24-20(21-14-8-2-1-3-9-14)23-22-19-17-12-6-4-10-15(17)16-11-5-7-13-18(16)19/h4-7,10-14H,1-3,8-9H2,(H2,21,23,24). The van der Waals surface area contributed by atoms with Crippen molar-refractivity contribution in [1.29, 1.82) is 0 Å². The lowest BCUT2D eigenvalue weighted by Crippen LogP contribution is -2.41. The average Bonchev–Trinajstić information content (AvgIpc) is 2.95. The van der Waals surface area contributed by atoms with Gasteiger partial charge in [0.15, 0.2) is 5.11 Å². The van der Waals surface area contributed by atoms with Gasteiger partial charge in [-0.3, -0.25) is 5.43 Å². The summed E-state index contributed by atoms with van der Waals surface area (Å²) in [5.74, 6) is 0. The van der Waals surface area contributed by atoms with Gasteiger partial charge in [-0.15, -0.1) is 0 Å². The molecule has 4 heteroatoms. The van der Waals surface area contributed by atoms with Crippen LogP contribution < -0.4 is 10.7 Å². The largest absolute Gasteiger partial charge is 0.359 e. The zero-order valence-electron chi connectivity index (χ0n) is 13.6. The van der Waals surface area contributed by atoms with Gasteiger partial charge in [-0.05, 0) is 36.2 Å². The Hall–Kier alpha value is -2.20. The SMILES string of the molecule is S=C(NN=C1c2ccccc2-c2ccccc21)NC1CCCCC1. The molecule has 0 aromatic heterocycles. The molecule has 3 nitrogen and oxygen atoms in total. The van der Waals surface area contributed by atoms with Crippen LogP contribution in [0, 0.1) is 0 Å². The maximum Gasteiger partial charge on any atom is 0.187 e. The van der Waals surface area contributed by atoms with Crippen LogP contribution in [0.2, 0.25) is 0 Å². The van der Waals surface area contributed by atoms with Crippen molar-refractivity contribution >= 4 is 23.0 Å². The number of hydrogen-bond acceptors (Lipinski definition) is 2. The van der Waals surface area contributed by atoms with Gasteiger partial charge < -0.3 is 5.32 Å². The molecule has 0 radical (unpaired) electrons. The highest BCUT2D eigenvalue weighted by Crippen LogP contribution is 2.36. The van der Waals surface area contributed by atoms with Gasteiger partial charge in [-0.1, -0.05) is 67.8 Å². The maximum absolute atomic E-state index is 5.44. The summed E-state index contributed by atoms with van der Waals surface area (Å²) < 4.78 is 0. The van der Waals surface area contributed by atoms with E-state index in [1.807, 2.05) is 0 Å². The van der Waals surface area contributed by atoms with Gasteiger partial charge in [0.1, 0.15) is 0 Å². The van der Waals surface area contributed by atoms with Gasteiger partial charge in [0, 0.05) is 17.2 Å². The van der Waals surface area contributed by atoms with Crippen molar-refractivity contribution in [2.24, 2.45) is 5.10 Å². The van der Waals surface area contributed by atoms with Gasteiger partial charge in [0.05, 0.1) is 5.71 Å². The third-order valence-electron chi connectivity index (χ3n) is 4.86. The third kappa shape index (κ3) is 2.94. The Morgan fingerprint density at radius 1 is 0.833 bits per heavy atom. The van der Waals surface area contributed by atoms with Crippen LogP contribution in [-0.2, 0) is 0 Å². The van der Waals surface area contributed by atoms with Crippen molar-refractivity contribution in [2.45, 2.75) is 38.1 Å². The molecule has 0 aliphatic heterocycles. The zero-order valence-corrected chi connectivity index (χ0v) is 14.4. The van der Waals surface area contributed by atoms with Crippen molar-refractivity contribution in [1.82, 2.24) is 10.7 Å². The molecule has 24 heavy (non-hydrogen) atoms. The number of benzene rings is 2. The highest BCUT2D eigenvalue weighted by molar-refractivity contribution is 7.80. The van der Waals surface area contributed by atoms with Crippen molar-refractivity contribution in [2.75, 3.05) is 0 Å². The van der Waals surface area contributed by atoms with Gasteiger partial charge in [-0.25, -0.2) is 0 Å². The second kappa shape index (κ2) is 6.73. The van der Waals surface area contributed by atoms with Crippen LogP contribution >= 0.6 is 12.2 Å². The van der Waals surface area contributed by atoms with Gasteiger partial charge in [-0.2, -0.15) is 5.10 Å². The summed E-state index contributed by atoms with van der Waals surface area (Å²) in [5, 5.41) is 8.66. The number of hydrogen-bond donors (Lipinski definition) is 2. The Balaban J connectivity index is 1.55. The lowest BCUT2D eigenvalue weighted by Gasteiger charge is -2.23. The minimum absolute atomic E-state index is 0.488. The molecule has 0 atom stereocenters. The Bertz CT molecular complexity index is 743. The van der Waals surface area contributed by atoms with Crippen LogP contribution in [0.4, 0.5) is 0 Å². The molecule has 1 saturated carbocycles.